The molecule has 0 saturated carbocycles. The van der Waals surface area contributed by atoms with Crippen molar-refractivity contribution in [3.63, 3.8) is 0 Å². The van der Waals surface area contributed by atoms with Gasteiger partial charge in [-0.05, 0) is 64.2 Å². The third kappa shape index (κ3) is 37.4. The molecule has 0 spiro atoms. The molecule has 0 bridgehead atoms. The highest BCUT2D eigenvalue weighted by atomic mass is 16.6. The molecule has 8 heteroatoms. The Balaban J connectivity index is 4.29. The van der Waals surface area contributed by atoms with Crippen LogP contribution in [-0.2, 0) is 28.6 Å². The lowest BCUT2D eigenvalue weighted by molar-refractivity contribution is -0.887. The van der Waals surface area contributed by atoms with E-state index in [-0.39, 0.29) is 36.2 Å². The average molecular weight is 793 g/mol. The summed E-state index contributed by atoms with van der Waals surface area (Å²) in [5.74, 6) is -1.48. The van der Waals surface area contributed by atoms with E-state index in [1.54, 1.807) is 0 Å². The van der Waals surface area contributed by atoms with E-state index in [9.17, 15) is 19.5 Å². The van der Waals surface area contributed by atoms with Crippen molar-refractivity contribution in [2.75, 3.05) is 41.0 Å². The van der Waals surface area contributed by atoms with Crippen LogP contribution >= 0.6 is 0 Å². The van der Waals surface area contributed by atoms with Gasteiger partial charge in [0.15, 0.2) is 12.1 Å². The summed E-state index contributed by atoms with van der Waals surface area (Å²) >= 11 is 0. The quantitative estimate of drug-likeness (QED) is 0.0284. The molecule has 0 heterocycles. The average Bonchev–Trinajstić information content (AvgIpc) is 3.15. The number of hydrogen-bond acceptors (Lipinski definition) is 6. The Morgan fingerprint density at radius 2 is 0.893 bits per heavy atom. The second kappa shape index (κ2) is 39.6. The number of hydrogen-bond donors (Lipinski definition) is 1. The molecule has 1 N–H and O–H groups in total. The molecule has 2 atom stereocenters. The first kappa shape index (κ1) is 53.8. The number of esters is 2. The number of aliphatic carboxylic acids is 1. The minimum absolute atomic E-state index is 0.0563. The number of rotatable bonds is 42. The Morgan fingerprint density at radius 1 is 0.518 bits per heavy atom. The Labute approximate surface area is 345 Å². The Kier molecular flexibility index (Phi) is 38.1. The van der Waals surface area contributed by atoms with Crippen molar-refractivity contribution in [2.24, 2.45) is 0 Å². The molecule has 0 amide bonds. The van der Waals surface area contributed by atoms with Crippen LogP contribution in [0.15, 0.2) is 24.3 Å². The molecule has 0 aliphatic heterocycles. The molecule has 328 valence electrons. The molecule has 0 aromatic rings. The zero-order chi connectivity index (χ0) is 41.4. The first-order valence-electron chi connectivity index (χ1n) is 23.4. The van der Waals surface area contributed by atoms with Gasteiger partial charge in [-0.1, -0.05) is 154 Å². The number of quaternary nitrogens is 1. The highest BCUT2D eigenvalue weighted by Gasteiger charge is 2.31. The van der Waals surface area contributed by atoms with Gasteiger partial charge in [-0.25, -0.2) is 4.79 Å². The molecule has 2 unspecified atom stereocenters. The second-order valence-electron chi connectivity index (χ2n) is 17.0. The molecule has 0 rings (SSSR count). The van der Waals surface area contributed by atoms with Gasteiger partial charge < -0.3 is 23.8 Å². The number of carboxylic acid groups (broad SMARTS) is 1. The predicted molar refractivity (Wildman–Crippen MR) is 234 cm³/mol. The minimum Gasteiger partial charge on any atom is -0.477 e. The fraction of sp³-hybridized carbons (Fsp3) is 0.854. The molecular formula is C48H90NO7+. The number of carbonyl (C=O) groups is 3. The van der Waals surface area contributed by atoms with Crippen LogP contribution in [0.5, 0.6) is 0 Å². The number of likely N-dealkylation sites (N-methyl/N-ethyl adjacent to an activating group) is 1. The van der Waals surface area contributed by atoms with Crippen LogP contribution in [0.25, 0.3) is 0 Å². The SMILES string of the molecule is CCCCCCCC/C=C/CCCCCC(=O)OC(COCCC(C(=O)O)[N+](C)(C)C)COC(=O)CCCCCCCCC/C=C/CCCCCCCCCC. The third-order valence-corrected chi connectivity index (χ3v) is 10.6. The van der Waals surface area contributed by atoms with Crippen LogP contribution in [0.2, 0.25) is 0 Å². The zero-order valence-electron chi connectivity index (χ0n) is 37.3. The molecule has 56 heavy (non-hydrogen) atoms. The van der Waals surface area contributed by atoms with Gasteiger partial charge in [0.25, 0.3) is 0 Å². The van der Waals surface area contributed by atoms with Gasteiger partial charge in [0.2, 0.25) is 0 Å². The summed E-state index contributed by atoms with van der Waals surface area (Å²) in [6.45, 7) is 4.72. The Bertz CT molecular complexity index is 973. The number of carboxylic acids is 1. The second-order valence-corrected chi connectivity index (χ2v) is 17.0. The molecular weight excluding hydrogens is 703 g/mol. The fourth-order valence-electron chi connectivity index (χ4n) is 6.90. The number of ether oxygens (including phenoxy) is 3. The molecule has 0 aliphatic rings. The van der Waals surface area contributed by atoms with Gasteiger partial charge in [0.05, 0.1) is 34.4 Å². The van der Waals surface area contributed by atoms with Crippen LogP contribution in [0.3, 0.4) is 0 Å². The largest absolute Gasteiger partial charge is 0.477 e. The lowest BCUT2D eigenvalue weighted by atomic mass is 10.1. The number of unbranched alkanes of at least 4 members (excludes halogenated alkanes) is 24. The molecule has 0 radical (unpaired) electrons. The van der Waals surface area contributed by atoms with Crippen LogP contribution < -0.4 is 0 Å². The summed E-state index contributed by atoms with van der Waals surface area (Å²) < 4.78 is 17.3. The van der Waals surface area contributed by atoms with E-state index in [1.165, 1.54) is 128 Å². The molecule has 0 aromatic carbocycles. The third-order valence-electron chi connectivity index (χ3n) is 10.6. The number of carbonyl (C=O) groups excluding carboxylic acids is 2. The van der Waals surface area contributed by atoms with Gasteiger partial charge in [-0.2, -0.15) is 0 Å². The van der Waals surface area contributed by atoms with Gasteiger partial charge in [0.1, 0.15) is 6.61 Å². The highest BCUT2D eigenvalue weighted by Crippen LogP contribution is 2.14. The van der Waals surface area contributed by atoms with Crippen LogP contribution in [0.4, 0.5) is 0 Å². The van der Waals surface area contributed by atoms with E-state index in [4.69, 9.17) is 14.2 Å². The summed E-state index contributed by atoms with van der Waals surface area (Å²) in [6.07, 6.45) is 43.6. The maximum atomic E-state index is 12.7. The Morgan fingerprint density at radius 3 is 1.30 bits per heavy atom. The maximum absolute atomic E-state index is 12.7. The molecule has 0 fully saturated rings. The van der Waals surface area contributed by atoms with E-state index in [2.05, 4.69) is 38.2 Å². The standard InChI is InChI=1S/C48H89NO7/c1-6-8-10-12-14-16-18-20-21-22-23-24-25-27-28-30-32-34-36-38-46(50)55-43-44(42-54-41-40-45(48(52)53)49(3,4)5)56-47(51)39-37-35-33-31-29-26-19-17-15-13-11-9-7-2/h22-23,26,29,44-45H,6-21,24-25,27-28,30-43H2,1-5H3/p+1/b23-22+,29-26+. The van der Waals surface area contributed by atoms with Crippen molar-refractivity contribution >= 4 is 17.9 Å². The van der Waals surface area contributed by atoms with Crippen molar-refractivity contribution in [3.05, 3.63) is 24.3 Å². The predicted octanol–water partition coefficient (Wildman–Crippen LogP) is 12.9. The van der Waals surface area contributed by atoms with Crippen molar-refractivity contribution in [2.45, 2.75) is 225 Å². The van der Waals surface area contributed by atoms with Crippen LogP contribution in [-0.4, -0.2) is 80.6 Å². The first-order chi connectivity index (χ1) is 27.1. The van der Waals surface area contributed by atoms with Crippen LogP contribution in [0.1, 0.15) is 213 Å². The van der Waals surface area contributed by atoms with Crippen LogP contribution in [0, 0.1) is 0 Å². The molecule has 0 aromatic heterocycles. The fourth-order valence-corrected chi connectivity index (χ4v) is 6.90. The number of allylic oxidation sites excluding steroid dienone is 4. The monoisotopic (exact) mass is 793 g/mol. The van der Waals surface area contributed by atoms with Crippen molar-refractivity contribution in [1.29, 1.82) is 0 Å². The molecule has 0 aliphatic carbocycles. The molecule has 8 nitrogen and oxygen atoms in total. The maximum Gasteiger partial charge on any atom is 0.362 e. The van der Waals surface area contributed by atoms with Crippen molar-refractivity contribution < 1.29 is 38.2 Å². The summed E-state index contributed by atoms with van der Waals surface area (Å²) in [5, 5.41) is 9.62. The van der Waals surface area contributed by atoms with E-state index < -0.39 is 18.1 Å². The van der Waals surface area contributed by atoms with Gasteiger partial charge in [0, 0.05) is 19.3 Å². The summed E-state index contributed by atoms with van der Waals surface area (Å²) in [7, 11) is 5.53. The lowest BCUT2D eigenvalue weighted by Gasteiger charge is -2.31. The van der Waals surface area contributed by atoms with E-state index in [0.717, 1.165) is 51.4 Å². The summed E-state index contributed by atoms with van der Waals surface area (Å²) in [5.41, 5.74) is 0. The number of nitrogens with zero attached hydrogens (tertiary/aromatic N) is 1. The lowest BCUT2D eigenvalue weighted by Crippen LogP contribution is -2.50. The van der Waals surface area contributed by atoms with Gasteiger partial charge in [-0.15, -0.1) is 0 Å². The minimum atomic E-state index is -0.876. The zero-order valence-corrected chi connectivity index (χ0v) is 37.3. The van der Waals surface area contributed by atoms with E-state index in [0.29, 0.717) is 19.3 Å². The first-order valence-corrected chi connectivity index (χ1v) is 23.4. The normalized spacial score (nSPS) is 13.1. The van der Waals surface area contributed by atoms with Crippen molar-refractivity contribution in [3.8, 4) is 0 Å². The summed E-state index contributed by atoms with van der Waals surface area (Å²) in [4.78, 5) is 37.0. The van der Waals surface area contributed by atoms with E-state index in [1.807, 2.05) is 21.1 Å². The molecule has 0 saturated heterocycles. The van der Waals surface area contributed by atoms with Gasteiger partial charge in [-0.3, -0.25) is 9.59 Å². The smallest absolute Gasteiger partial charge is 0.362 e. The van der Waals surface area contributed by atoms with Crippen molar-refractivity contribution in [1.82, 2.24) is 0 Å². The van der Waals surface area contributed by atoms with E-state index >= 15 is 0 Å². The topological polar surface area (TPSA) is 99.1 Å². The highest BCUT2D eigenvalue weighted by molar-refractivity contribution is 5.72. The Hall–Kier alpha value is -2.19. The summed E-state index contributed by atoms with van der Waals surface area (Å²) in [6, 6.07) is -0.615. The van der Waals surface area contributed by atoms with Gasteiger partial charge >= 0.3 is 17.9 Å².